The number of anilines is 2. The van der Waals surface area contributed by atoms with Crippen LogP contribution in [-0.2, 0) is 7.05 Å². The smallest absolute Gasteiger partial charge is 0.224 e. The molecule has 0 bridgehead atoms. The number of fused-ring (bicyclic) bond motifs is 1. The fraction of sp³-hybridized carbons (Fsp3) is 0.467. The highest BCUT2D eigenvalue weighted by Crippen LogP contribution is 2.29. The van der Waals surface area contributed by atoms with Crippen molar-refractivity contribution >= 4 is 22.8 Å². The van der Waals surface area contributed by atoms with Crippen molar-refractivity contribution in [1.29, 1.82) is 0 Å². The summed E-state index contributed by atoms with van der Waals surface area (Å²) in [5.74, 6) is 1.18. The highest BCUT2D eigenvalue weighted by atomic mass is 15.3. The van der Waals surface area contributed by atoms with Crippen LogP contribution in [0.2, 0.25) is 0 Å². The average Bonchev–Trinajstić information content (AvgIpc) is 3.14. The maximum atomic E-state index is 5.88. The third kappa shape index (κ3) is 2.39. The van der Waals surface area contributed by atoms with E-state index >= 15 is 0 Å². The van der Waals surface area contributed by atoms with Crippen molar-refractivity contribution in [1.82, 2.24) is 29.5 Å². The zero-order chi connectivity index (χ0) is 16.0. The van der Waals surface area contributed by atoms with Crippen LogP contribution >= 0.6 is 0 Å². The molecule has 1 aliphatic rings. The molecule has 23 heavy (non-hydrogen) atoms. The Hall–Kier alpha value is -2.64. The minimum absolute atomic E-state index is 0.293. The summed E-state index contributed by atoms with van der Waals surface area (Å²) >= 11 is 0. The molecule has 3 aromatic heterocycles. The molecule has 1 fully saturated rings. The minimum atomic E-state index is 0.293. The van der Waals surface area contributed by atoms with Gasteiger partial charge in [-0.25, -0.2) is 0 Å². The predicted molar refractivity (Wildman–Crippen MR) is 88.2 cm³/mol. The van der Waals surface area contributed by atoms with E-state index in [1.165, 1.54) is 5.56 Å². The summed E-state index contributed by atoms with van der Waals surface area (Å²) in [4.78, 5) is 11.0. The summed E-state index contributed by atoms with van der Waals surface area (Å²) < 4.78 is 3.82. The van der Waals surface area contributed by atoms with E-state index in [-0.39, 0.29) is 0 Å². The molecule has 8 heteroatoms. The van der Waals surface area contributed by atoms with Gasteiger partial charge in [0.15, 0.2) is 5.65 Å². The lowest BCUT2D eigenvalue weighted by Crippen LogP contribution is -2.35. The van der Waals surface area contributed by atoms with Crippen molar-refractivity contribution in [3.63, 3.8) is 0 Å². The van der Waals surface area contributed by atoms with Gasteiger partial charge in [-0.2, -0.15) is 20.2 Å². The van der Waals surface area contributed by atoms with E-state index in [9.17, 15) is 0 Å². The molecule has 0 aliphatic carbocycles. The standard InChI is InChI=1S/C15H20N8/c1-10-7-18-23(9-10)11-3-5-22(6-4-11)14-12-8-17-21(2)13(12)19-15(16)20-14/h7-9,11H,3-6H2,1-2H3,(H2,16,19,20). The maximum Gasteiger partial charge on any atom is 0.224 e. The largest absolute Gasteiger partial charge is 0.368 e. The van der Waals surface area contributed by atoms with Gasteiger partial charge in [-0.1, -0.05) is 0 Å². The first-order valence-electron chi connectivity index (χ1n) is 7.83. The molecule has 0 spiro atoms. The zero-order valence-electron chi connectivity index (χ0n) is 13.3. The third-order valence-corrected chi connectivity index (χ3v) is 4.46. The van der Waals surface area contributed by atoms with Gasteiger partial charge in [-0.3, -0.25) is 9.36 Å². The molecule has 120 valence electrons. The first-order valence-corrected chi connectivity index (χ1v) is 7.83. The van der Waals surface area contributed by atoms with Crippen molar-refractivity contribution in [3.8, 4) is 0 Å². The van der Waals surface area contributed by atoms with Crippen LogP contribution in [0.4, 0.5) is 11.8 Å². The Morgan fingerprint density at radius 3 is 2.61 bits per heavy atom. The van der Waals surface area contributed by atoms with Gasteiger partial charge in [0.1, 0.15) is 5.82 Å². The van der Waals surface area contributed by atoms with Crippen molar-refractivity contribution in [2.24, 2.45) is 7.05 Å². The van der Waals surface area contributed by atoms with Gasteiger partial charge in [0.05, 0.1) is 23.8 Å². The fourth-order valence-electron chi connectivity index (χ4n) is 3.24. The molecule has 4 rings (SSSR count). The van der Waals surface area contributed by atoms with Crippen LogP contribution in [-0.4, -0.2) is 42.6 Å². The lowest BCUT2D eigenvalue weighted by Gasteiger charge is -2.33. The van der Waals surface area contributed by atoms with Gasteiger partial charge in [-0.05, 0) is 25.3 Å². The molecule has 0 atom stereocenters. The molecule has 1 saturated heterocycles. The third-order valence-electron chi connectivity index (χ3n) is 4.46. The van der Waals surface area contributed by atoms with Crippen LogP contribution in [0.1, 0.15) is 24.4 Å². The number of hydrogen-bond donors (Lipinski definition) is 1. The van der Waals surface area contributed by atoms with E-state index in [4.69, 9.17) is 5.73 Å². The van der Waals surface area contributed by atoms with E-state index < -0.39 is 0 Å². The Morgan fingerprint density at radius 1 is 1.13 bits per heavy atom. The molecule has 0 saturated carbocycles. The van der Waals surface area contributed by atoms with Crippen molar-refractivity contribution in [2.45, 2.75) is 25.8 Å². The fourth-order valence-corrected chi connectivity index (χ4v) is 3.24. The summed E-state index contributed by atoms with van der Waals surface area (Å²) in [5, 5.41) is 9.67. The van der Waals surface area contributed by atoms with Gasteiger partial charge < -0.3 is 10.6 Å². The molecule has 0 radical (unpaired) electrons. The molecule has 1 aliphatic heterocycles. The molecule has 4 heterocycles. The molecule has 0 amide bonds. The van der Waals surface area contributed by atoms with Gasteiger partial charge in [0, 0.05) is 26.3 Å². The van der Waals surface area contributed by atoms with Gasteiger partial charge in [0.25, 0.3) is 0 Å². The number of aryl methyl sites for hydroxylation is 2. The normalized spacial score (nSPS) is 16.3. The number of aromatic nitrogens is 6. The lowest BCUT2D eigenvalue weighted by atomic mass is 10.1. The van der Waals surface area contributed by atoms with Crippen LogP contribution < -0.4 is 10.6 Å². The van der Waals surface area contributed by atoms with E-state index in [1.54, 1.807) is 4.68 Å². The first kappa shape index (κ1) is 14.0. The summed E-state index contributed by atoms with van der Waals surface area (Å²) in [6.07, 6.45) is 7.91. The summed E-state index contributed by atoms with van der Waals surface area (Å²) in [5.41, 5.74) is 7.85. The molecule has 0 unspecified atom stereocenters. The number of piperidine rings is 1. The average molecular weight is 312 g/mol. The topological polar surface area (TPSA) is 90.7 Å². The van der Waals surface area contributed by atoms with E-state index in [0.29, 0.717) is 12.0 Å². The number of hydrogen-bond acceptors (Lipinski definition) is 6. The van der Waals surface area contributed by atoms with Gasteiger partial charge in [-0.15, -0.1) is 0 Å². The number of nitrogens with two attached hydrogens (primary N) is 1. The van der Waals surface area contributed by atoms with E-state index in [2.05, 4.69) is 42.9 Å². The van der Waals surface area contributed by atoms with Crippen LogP contribution in [0.15, 0.2) is 18.6 Å². The van der Waals surface area contributed by atoms with E-state index in [0.717, 1.165) is 42.8 Å². The second kappa shape index (κ2) is 5.22. The van der Waals surface area contributed by atoms with Crippen LogP contribution in [0.3, 0.4) is 0 Å². The molecule has 8 nitrogen and oxygen atoms in total. The summed E-state index contributed by atoms with van der Waals surface area (Å²) in [6.45, 7) is 3.91. The van der Waals surface area contributed by atoms with Crippen molar-refractivity contribution in [2.75, 3.05) is 23.7 Å². The van der Waals surface area contributed by atoms with Crippen LogP contribution in [0.25, 0.3) is 11.0 Å². The van der Waals surface area contributed by atoms with Crippen LogP contribution in [0, 0.1) is 6.92 Å². The number of rotatable bonds is 2. The predicted octanol–water partition coefficient (Wildman–Crippen LogP) is 1.29. The quantitative estimate of drug-likeness (QED) is 0.767. The van der Waals surface area contributed by atoms with Crippen molar-refractivity contribution in [3.05, 3.63) is 24.2 Å². The highest BCUT2D eigenvalue weighted by molar-refractivity contribution is 5.87. The monoisotopic (exact) mass is 312 g/mol. The van der Waals surface area contributed by atoms with Crippen LogP contribution in [0.5, 0.6) is 0 Å². The SMILES string of the molecule is Cc1cnn(C2CCN(c3nc(N)nc4c3cnn4C)CC2)c1. The van der Waals surface area contributed by atoms with Gasteiger partial charge in [0.2, 0.25) is 5.95 Å². The Balaban J connectivity index is 1.59. The van der Waals surface area contributed by atoms with E-state index in [1.807, 2.05) is 19.4 Å². The zero-order valence-corrected chi connectivity index (χ0v) is 13.3. The summed E-state index contributed by atoms with van der Waals surface area (Å²) in [6, 6.07) is 0.448. The maximum absolute atomic E-state index is 5.88. The second-order valence-corrected chi connectivity index (χ2v) is 6.13. The minimum Gasteiger partial charge on any atom is -0.368 e. The Kier molecular flexibility index (Phi) is 3.17. The second-order valence-electron chi connectivity index (χ2n) is 6.13. The molecular weight excluding hydrogens is 292 g/mol. The molecule has 0 aromatic carbocycles. The summed E-state index contributed by atoms with van der Waals surface area (Å²) in [7, 11) is 1.87. The number of nitrogen functional groups attached to an aromatic ring is 1. The first-order chi connectivity index (χ1) is 11.1. The molecular formula is C15H20N8. The Morgan fingerprint density at radius 2 is 1.91 bits per heavy atom. The van der Waals surface area contributed by atoms with Gasteiger partial charge >= 0.3 is 0 Å². The Labute approximate surface area is 133 Å². The number of nitrogens with zero attached hydrogens (tertiary/aromatic N) is 7. The Bertz CT molecular complexity index is 840. The molecule has 2 N–H and O–H groups in total. The van der Waals surface area contributed by atoms with Crippen molar-refractivity contribution < 1.29 is 0 Å². The lowest BCUT2D eigenvalue weighted by molar-refractivity contribution is 0.366. The molecule has 3 aromatic rings. The highest BCUT2D eigenvalue weighted by Gasteiger charge is 2.24.